The topological polar surface area (TPSA) is 111 Å². The third kappa shape index (κ3) is 13.0. The molecule has 4 aromatic carbocycles. The lowest BCUT2D eigenvalue weighted by Gasteiger charge is -2.18. The van der Waals surface area contributed by atoms with Gasteiger partial charge in [0.25, 0.3) is 0 Å². The van der Waals surface area contributed by atoms with Crippen molar-refractivity contribution in [2.45, 2.75) is 27.7 Å². The molecule has 0 aliphatic rings. The first kappa shape index (κ1) is 43.6. The number of hydrogen-bond acceptors (Lipinski definition) is 12. The molecule has 0 bridgehead atoms. The zero-order valence-electron chi connectivity index (χ0n) is 33.7. The first-order valence-corrected chi connectivity index (χ1v) is 19.8. The highest BCUT2D eigenvalue weighted by Crippen LogP contribution is 2.65. The Hall–Kier alpha value is -6.13. The Morgan fingerprint density at radius 1 is 0.351 bits per heavy atom. The molecular weight excluding hydrogens is 751 g/mol. The molecule has 0 saturated heterocycles. The molecule has 0 fully saturated rings. The maximum absolute atomic E-state index is 6.52. The summed E-state index contributed by atoms with van der Waals surface area (Å²) in [6.07, 6.45) is 5.57. The van der Waals surface area contributed by atoms with Crippen LogP contribution in [0.1, 0.15) is 49.9 Å². The van der Waals surface area contributed by atoms with Crippen LogP contribution in [-0.4, -0.2) is 54.9 Å². The fourth-order valence-corrected chi connectivity index (χ4v) is 6.18. The molecule has 0 unspecified atom stereocenters. The number of benzene rings is 4. The molecule has 0 heterocycles. The normalized spacial score (nSPS) is 13.1. The molecule has 0 N–H and O–H groups in total. The van der Waals surface area contributed by atoms with E-state index in [4.69, 9.17) is 56.0 Å². The third-order valence-electron chi connectivity index (χ3n) is 7.85. The molecule has 0 radical (unpaired) electrons. The lowest BCUT2D eigenvalue weighted by Crippen LogP contribution is -2.06. The van der Waals surface area contributed by atoms with Gasteiger partial charge in [-0.25, -0.2) is 18.1 Å². The summed E-state index contributed by atoms with van der Waals surface area (Å²) in [6.45, 7) is 8.80. The highest BCUT2D eigenvalue weighted by atomic mass is 31.2. The molecule has 0 spiro atoms. The second-order valence-electron chi connectivity index (χ2n) is 11.4. The summed E-state index contributed by atoms with van der Waals surface area (Å²) in [5.41, 5.74) is 2.80. The lowest BCUT2D eigenvalue weighted by atomic mass is 10.2. The van der Waals surface area contributed by atoms with Gasteiger partial charge >= 0.3 is 8.17 Å². The van der Waals surface area contributed by atoms with Gasteiger partial charge in [0, 0.05) is 22.3 Å². The minimum Gasteiger partial charge on any atom is -0.497 e. The number of methoxy groups -OCH3 is 4. The zero-order chi connectivity index (χ0) is 40.9. The van der Waals surface area contributed by atoms with Gasteiger partial charge in [0.2, 0.25) is 0 Å². The van der Waals surface area contributed by atoms with Crippen LogP contribution in [0.4, 0.5) is 0 Å². The van der Waals surface area contributed by atoms with Crippen LogP contribution in [0.3, 0.4) is 0 Å². The highest BCUT2D eigenvalue weighted by molar-refractivity contribution is 7.56. The molecule has 0 aliphatic heterocycles. The minimum atomic E-state index is -4.07. The average molecular weight is 804 g/mol. The number of hydrogen-bond donors (Lipinski definition) is 0. The van der Waals surface area contributed by atoms with E-state index in [0.29, 0.717) is 94.7 Å². The van der Waals surface area contributed by atoms with Crippen molar-refractivity contribution in [1.29, 1.82) is 0 Å². The van der Waals surface area contributed by atoms with Gasteiger partial charge in [0.05, 0.1) is 54.9 Å². The number of ether oxygens (including phenoxy) is 8. The van der Waals surface area contributed by atoms with E-state index in [1.807, 2.05) is 125 Å². The molecular formula is C44H52O12P+. The molecule has 57 heavy (non-hydrogen) atoms. The molecule has 4 aromatic rings. The van der Waals surface area contributed by atoms with Crippen LogP contribution < -0.4 is 18.9 Å². The lowest BCUT2D eigenvalue weighted by molar-refractivity contribution is 0.165. The van der Waals surface area contributed by atoms with Crippen molar-refractivity contribution in [3.05, 3.63) is 144 Å². The molecule has 0 atom stereocenters. The van der Waals surface area contributed by atoms with E-state index >= 15 is 0 Å². The van der Waals surface area contributed by atoms with E-state index in [0.717, 1.165) is 0 Å². The minimum absolute atomic E-state index is 0.332. The van der Waals surface area contributed by atoms with E-state index in [1.54, 1.807) is 28.4 Å². The molecule has 0 aromatic heterocycles. The van der Waals surface area contributed by atoms with Crippen molar-refractivity contribution in [3.8, 4) is 23.0 Å². The van der Waals surface area contributed by atoms with Crippen molar-refractivity contribution >= 4 is 31.2 Å². The molecule has 4 rings (SSSR count). The van der Waals surface area contributed by atoms with E-state index in [9.17, 15) is 0 Å². The summed E-state index contributed by atoms with van der Waals surface area (Å²) in [5, 5.41) is 0. The van der Waals surface area contributed by atoms with E-state index in [2.05, 4.69) is 0 Å². The van der Waals surface area contributed by atoms with Gasteiger partial charge < -0.3 is 37.9 Å². The van der Waals surface area contributed by atoms with Crippen LogP contribution in [0.5, 0.6) is 23.0 Å². The SMILES string of the molecule is CCOC(=CO[P+](OC=C(OCC)c1ccc(OC)cc1)(OC=C(OCC)c1ccc(OC)cc1)OC=C(OCC)c1ccc(OC)cc1)c1ccc(OC)cc1. The van der Waals surface area contributed by atoms with Crippen molar-refractivity contribution in [2.75, 3.05) is 54.9 Å². The Bertz CT molecular complexity index is 1620. The average Bonchev–Trinajstić information content (AvgIpc) is 3.26. The molecule has 0 aliphatic carbocycles. The second kappa shape index (κ2) is 23.1. The maximum atomic E-state index is 6.52. The van der Waals surface area contributed by atoms with Crippen molar-refractivity contribution < 1.29 is 56.0 Å². The molecule has 304 valence electrons. The van der Waals surface area contributed by atoms with Crippen LogP contribution in [-0.2, 0) is 37.0 Å². The quantitative estimate of drug-likeness (QED) is 0.0496. The Balaban J connectivity index is 1.93. The van der Waals surface area contributed by atoms with Gasteiger partial charge in [0.1, 0.15) is 23.0 Å². The predicted molar refractivity (Wildman–Crippen MR) is 222 cm³/mol. The molecule has 12 nitrogen and oxygen atoms in total. The first-order chi connectivity index (χ1) is 27.8. The van der Waals surface area contributed by atoms with Gasteiger partial charge in [0.15, 0.2) is 48.1 Å². The maximum Gasteiger partial charge on any atom is 0.764 e. The van der Waals surface area contributed by atoms with E-state index in [-0.39, 0.29) is 0 Å². The van der Waals surface area contributed by atoms with Gasteiger partial charge in [-0.05, 0) is 125 Å². The summed E-state index contributed by atoms with van der Waals surface area (Å²) in [7, 11) is 2.33. The second-order valence-corrected chi connectivity index (χ2v) is 13.2. The van der Waals surface area contributed by atoms with Crippen LogP contribution in [0.15, 0.2) is 122 Å². The summed E-state index contributed by atoms with van der Waals surface area (Å²) < 4.78 is 71.8. The number of rotatable bonds is 24. The third-order valence-corrected chi connectivity index (χ3v) is 9.31. The van der Waals surface area contributed by atoms with Crippen molar-refractivity contribution in [3.63, 3.8) is 0 Å². The van der Waals surface area contributed by atoms with Crippen LogP contribution >= 0.6 is 8.17 Å². The first-order valence-electron chi connectivity index (χ1n) is 18.4. The Morgan fingerprint density at radius 2 is 0.544 bits per heavy atom. The fraction of sp³-hybridized carbons (Fsp3) is 0.273. The standard InChI is InChI=1S/C44H52O12P/c1-9-49-41(33-13-21-37(45-5)22-14-33)29-53-57(54-30-42(50-10-2)34-15-23-38(46-6)24-16-34,55-31-43(51-11-3)35-17-25-39(47-7)26-18-35)56-32-44(52-12-4)36-19-27-40(48-8)28-20-36/h13-32H,9-12H2,1-8H3/q+1. The van der Waals surface area contributed by atoms with Crippen molar-refractivity contribution in [1.82, 2.24) is 0 Å². The Kier molecular flexibility index (Phi) is 17.6. The van der Waals surface area contributed by atoms with E-state index in [1.165, 1.54) is 25.0 Å². The predicted octanol–water partition coefficient (Wildman–Crippen LogP) is 10.9. The summed E-state index contributed by atoms with van der Waals surface area (Å²) in [6, 6.07) is 29.3. The van der Waals surface area contributed by atoms with Gasteiger partial charge in [-0.15, -0.1) is 0 Å². The largest absolute Gasteiger partial charge is 0.764 e. The molecule has 0 saturated carbocycles. The van der Waals surface area contributed by atoms with Crippen LogP contribution in [0, 0.1) is 0 Å². The van der Waals surface area contributed by atoms with Crippen LogP contribution in [0.25, 0.3) is 23.0 Å². The van der Waals surface area contributed by atoms with Crippen molar-refractivity contribution in [2.24, 2.45) is 0 Å². The van der Waals surface area contributed by atoms with Crippen LogP contribution in [0.2, 0.25) is 0 Å². The van der Waals surface area contributed by atoms with Gasteiger partial charge in [-0.3, -0.25) is 0 Å². The van der Waals surface area contributed by atoms with Gasteiger partial charge in [-0.1, -0.05) is 0 Å². The summed E-state index contributed by atoms with van der Waals surface area (Å²) in [5.74, 6) is 4.21. The molecule has 13 heteroatoms. The smallest absolute Gasteiger partial charge is 0.497 e. The fourth-order valence-electron chi connectivity index (χ4n) is 4.98. The van der Waals surface area contributed by atoms with E-state index < -0.39 is 8.17 Å². The summed E-state index contributed by atoms with van der Waals surface area (Å²) >= 11 is 0. The monoisotopic (exact) mass is 803 g/mol. The Labute approximate surface area is 336 Å². The summed E-state index contributed by atoms with van der Waals surface area (Å²) in [4.78, 5) is 0. The highest BCUT2D eigenvalue weighted by Gasteiger charge is 2.54. The molecule has 0 amide bonds. The Morgan fingerprint density at radius 3 is 0.702 bits per heavy atom. The zero-order valence-corrected chi connectivity index (χ0v) is 34.6. The van der Waals surface area contributed by atoms with Gasteiger partial charge in [-0.2, -0.15) is 0 Å².